The summed E-state index contributed by atoms with van der Waals surface area (Å²) < 4.78 is 0. The smallest absolute Gasteiger partial charge is 0.246 e. The molecular formula is C13H23N3O3. The molecule has 0 aromatic carbocycles. The Hall–Kier alpha value is -0.980. The first-order valence-corrected chi connectivity index (χ1v) is 6.77. The van der Waals surface area contributed by atoms with Crippen LogP contribution in [0, 0.1) is 0 Å². The summed E-state index contributed by atoms with van der Waals surface area (Å²) in [5, 5.41) is 9.80. The van der Waals surface area contributed by atoms with Gasteiger partial charge in [-0.1, -0.05) is 0 Å². The summed E-state index contributed by atoms with van der Waals surface area (Å²) in [5.74, 6) is -0.171. The lowest BCUT2D eigenvalue weighted by Gasteiger charge is -2.38. The van der Waals surface area contributed by atoms with Crippen molar-refractivity contribution in [2.24, 2.45) is 0 Å². The van der Waals surface area contributed by atoms with Gasteiger partial charge < -0.3 is 5.11 Å². The van der Waals surface area contributed by atoms with Crippen molar-refractivity contribution in [2.75, 3.05) is 39.8 Å². The highest BCUT2D eigenvalue weighted by molar-refractivity contribution is 6.05. The van der Waals surface area contributed by atoms with Gasteiger partial charge in [-0.25, -0.2) is 0 Å². The third kappa shape index (κ3) is 3.32. The Balaban J connectivity index is 1.87. The van der Waals surface area contributed by atoms with E-state index in [0.717, 1.165) is 26.2 Å². The van der Waals surface area contributed by atoms with E-state index in [1.807, 2.05) is 0 Å². The number of carbonyl (C=O) groups is 2. The zero-order chi connectivity index (χ0) is 14.2. The van der Waals surface area contributed by atoms with Crippen LogP contribution in [0.1, 0.15) is 20.3 Å². The van der Waals surface area contributed by atoms with Gasteiger partial charge in [0.25, 0.3) is 0 Å². The fourth-order valence-electron chi connectivity index (χ4n) is 2.80. The van der Waals surface area contributed by atoms with Crippen molar-refractivity contribution in [3.05, 3.63) is 0 Å². The van der Waals surface area contributed by atoms with E-state index in [0.29, 0.717) is 13.0 Å². The zero-order valence-electron chi connectivity index (χ0n) is 11.9. The summed E-state index contributed by atoms with van der Waals surface area (Å²) in [7, 11) is 1.55. The number of hydrogen-bond donors (Lipinski definition) is 1. The van der Waals surface area contributed by atoms with Crippen LogP contribution in [0.4, 0.5) is 0 Å². The molecule has 0 radical (unpaired) electrons. The van der Waals surface area contributed by atoms with E-state index in [9.17, 15) is 14.7 Å². The van der Waals surface area contributed by atoms with Gasteiger partial charge in [-0.05, 0) is 13.8 Å². The van der Waals surface area contributed by atoms with Crippen LogP contribution >= 0.6 is 0 Å². The summed E-state index contributed by atoms with van der Waals surface area (Å²) in [6, 6.07) is -0.276. The molecule has 0 saturated carbocycles. The Bertz CT molecular complexity index is 370. The van der Waals surface area contributed by atoms with Gasteiger partial charge in [-0.2, -0.15) is 0 Å². The summed E-state index contributed by atoms with van der Waals surface area (Å²) in [4.78, 5) is 29.0. The largest absolute Gasteiger partial charge is 0.389 e. The molecule has 6 heteroatoms. The Morgan fingerprint density at radius 3 is 2.21 bits per heavy atom. The molecule has 6 nitrogen and oxygen atoms in total. The lowest BCUT2D eigenvalue weighted by atomic mass is 10.1. The van der Waals surface area contributed by atoms with E-state index in [1.54, 1.807) is 20.9 Å². The second-order valence-electron chi connectivity index (χ2n) is 6.14. The standard InChI is InChI=1S/C13H23N3O3/c1-13(2,19)9-15-4-6-16(7-5-15)10-8-11(17)14(3)12(10)18/h10,19H,4-9H2,1-3H3. The topological polar surface area (TPSA) is 64.1 Å². The maximum atomic E-state index is 11.9. The highest BCUT2D eigenvalue weighted by atomic mass is 16.3. The van der Waals surface area contributed by atoms with Crippen molar-refractivity contribution in [2.45, 2.75) is 31.9 Å². The van der Waals surface area contributed by atoms with E-state index in [1.165, 1.54) is 4.90 Å². The number of amides is 2. The average Bonchev–Trinajstić information content (AvgIpc) is 2.56. The molecule has 19 heavy (non-hydrogen) atoms. The van der Waals surface area contributed by atoms with Gasteiger partial charge in [-0.3, -0.25) is 24.3 Å². The highest BCUT2D eigenvalue weighted by Gasteiger charge is 2.40. The van der Waals surface area contributed by atoms with E-state index in [-0.39, 0.29) is 17.9 Å². The van der Waals surface area contributed by atoms with E-state index in [4.69, 9.17) is 0 Å². The summed E-state index contributed by atoms with van der Waals surface area (Å²) in [6.07, 6.45) is 0.306. The first kappa shape index (κ1) is 14.4. The quantitative estimate of drug-likeness (QED) is 0.675. The van der Waals surface area contributed by atoms with Crippen LogP contribution < -0.4 is 0 Å². The summed E-state index contributed by atoms with van der Waals surface area (Å²) in [5.41, 5.74) is -0.693. The Kier molecular flexibility index (Phi) is 3.94. The van der Waals surface area contributed by atoms with Gasteiger partial charge in [-0.15, -0.1) is 0 Å². The van der Waals surface area contributed by atoms with Crippen molar-refractivity contribution in [3.8, 4) is 0 Å². The average molecular weight is 269 g/mol. The van der Waals surface area contributed by atoms with Crippen molar-refractivity contribution in [1.29, 1.82) is 0 Å². The number of β-amino-alcohol motifs (C(OH)–C–C–N with tert-alkyl or cyclic N) is 1. The van der Waals surface area contributed by atoms with Gasteiger partial charge >= 0.3 is 0 Å². The predicted molar refractivity (Wildman–Crippen MR) is 70.5 cm³/mol. The molecule has 1 N–H and O–H groups in total. The second kappa shape index (κ2) is 5.19. The first-order chi connectivity index (χ1) is 8.78. The molecule has 0 aliphatic carbocycles. The molecule has 0 bridgehead atoms. The van der Waals surface area contributed by atoms with Crippen LogP contribution in [-0.4, -0.2) is 83.0 Å². The van der Waals surface area contributed by atoms with Gasteiger partial charge in [0.1, 0.15) is 0 Å². The number of imide groups is 1. The van der Waals surface area contributed by atoms with E-state index < -0.39 is 5.60 Å². The predicted octanol–water partition coefficient (Wildman–Crippen LogP) is -0.868. The Morgan fingerprint density at radius 2 is 1.79 bits per heavy atom. The van der Waals surface area contributed by atoms with Crippen LogP contribution in [-0.2, 0) is 9.59 Å². The molecule has 0 aromatic heterocycles. The fourth-order valence-corrected chi connectivity index (χ4v) is 2.80. The molecule has 2 aliphatic rings. The number of hydrogen-bond acceptors (Lipinski definition) is 5. The van der Waals surface area contributed by atoms with Crippen LogP contribution in [0.2, 0.25) is 0 Å². The summed E-state index contributed by atoms with van der Waals surface area (Å²) in [6.45, 7) is 7.43. The molecule has 2 saturated heterocycles. The maximum Gasteiger partial charge on any atom is 0.246 e. The van der Waals surface area contributed by atoms with Crippen LogP contribution in [0.25, 0.3) is 0 Å². The lowest BCUT2D eigenvalue weighted by Crippen LogP contribution is -2.54. The number of aliphatic hydroxyl groups is 1. The maximum absolute atomic E-state index is 11.9. The zero-order valence-corrected chi connectivity index (χ0v) is 11.9. The molecule has 1 atom stereocenters. The van der Waals surface area contributed by atoms with E-state index >= 15 is 0 Å². The van der Waals surface area contributed by atoms with Crippen LogP contribution in [0.5, 0.6) is 0 Å². The molecular weight excluding hydrogens is 246 g/mol. The van der Waals surface area contributed by atoms with Crippen molar-refractivity contribution < 1.29 is 14.7 Å². The van der Waals surface area contributed by atoms with Crippen molar-refractivity contribution in [3.63, 3.8) is 0 Å². The number of likely N-dealkylation sites (N-methyl/N-ethyl adjacent to an activating group) is 1. The monoisotopic (exact) mass is 269 g/mol. The SMILES string of the molecule is CN1C(=O)CC(N2CCN(CC(C)(C)O)CC2)C1=O. The molecule has 2 rings (SSSR count). The van der Waals surface area contributed by atoms with Gasteiger partial charge in [0.2, 0.25) is 11.8 Å². The fraction of sp³-hybridized carbons (Fsp3) is 0.846. The molecule has 0 aromatic rings. The van der Waals surface area contributed by atoms with Crippen molar-refractivity contribution in [1.82, 2.24) is 14.7 Å². The molecule has 2 aliphatic heterocycles. The van der Waals surface area contributed by atoms with Gasteiger partial charge in [0.15, 0.2) is 0 Å². The molecule has 108 valence electrons. The number of carbonyl (C=O) groups excluding carboxylic acids is 2. The summed E-state index contributed by atoms with van der Waals surface area (Å²) >= 11 is 0. The molecule has 2 amide bonds. The van der Waals surface area contributed by atoms with E-state index in [2.05, 4.69) is 9.80 Å². The third-order valence-corrected chi connectivity index (χ3v) is 3.82. The lowest BCUT2D eigenvalue weighted by molar-refractivity contribution is -0.138. The molecule has 2 fully saturated rings. The minimum atomic E-state index is -0.693. The number of rotatable bonds is 3. The molecule has 1 unspecified atom stereocenters. The Morgan fingerprint density at radius 1 is 1.21 bits per heavy atom. The second-order valence-corrected chi connectivity index (χ2v) is 6.14. The first-order valence-electron chi connectivity index (χ1n) is 6.77. The van der Waals surface area contributed by atoms with Crippen LogP contribution in [0.3, 0.4) is 0 Å². The minimum Gasteiger partial charge on any atom is -0.389 e. The number of piperazine rings is 1. The van der Waals surface area contributed by atoms with Gasteiger partial charge in [0, 0.05) is 39.8 Å². The normalized spacial score (nSPS) is 27.4. The number of nitrogens with zero attached hydrogens (tertiary/aromatic N) is 3. The molecule has 0 spiro atoms. The Labute approximate surface area is 114 Å². The van der Waals surface area contributed by atoms with Crippen LogP contribution in [0.15, 0.2) is 0 Å². The minimum absolute atomic E-state index is 0.0825. The van der Waals surface area contributed by atoms with Gasteiger partial charge in [0.05, 0.1) is 18.1 Å². The third-order valence-electron chi connectivity index (χ3n) is 3.82. The molecule has 2 heterocycles. The van der Waals surface area contributed by atoms with Crippen molar-refractivity contribution >= 4 is 11.8 Å². The number of likely N-dealkylation sites (tertiary alicyclic amines) is 1. The highest BCUT2D eigenvalue weighted by Crippen LogP contribution is 2.19.